The van der Waals surface area contributed by atoms with E-state index in [1.807, 2.05) is 104 Å². The van der Waals surface area contributed by atoms with Crippen molar-refractivity contribution in [2.75, 3.05) is 14.2 Å². The van der Waals surface area contributed by atoms with Gasteiger partial charge in [-0.1, -0.05) is 91.0 Å². The summed E-state index contributed by atoms with van der Waals surface area (Å²) in [4.78, 5) is 13.5. The molecule has 0 saturated heterocycles. The zero-order valence-electron chi connectivity index (χ0n) is 25.9. The number of ether oxygens (including phenoxy) is 5. The number of benzene rings is 5. The Morgan fingerprint density at radius 3 is 1.63 bits per heavy atom. The molecule has 0 spiro atoms. The third-order valence-corrected chi connectivity index (χ3v) is 7.59. The van der Waals surface area contributed by atoms with Crippen molar-refractivity contribution in [1.82, 2.24) is 0 Å². The van der Waals surface area contributed by atoms with Crippen molar-refractivity contribution in [2.24, 2.45) is 0 Å². The Kier molecular flexibility index (Phi) is 9.20. The SMILES string of the molecule is COC(=O)c1c(-c2c(C)cc(OC)cc2OCc2ccccc2)oc2cc(OCc3ccccc3)c(OCc3ccccc3)cc12. The van der Waals surface area contributed by atoms with Gasteiger partial charge in [0, 0.05) is 17.5 Å². The quantitative estimate of drug-likeness (QED) is 0.127. The molecule has 5 aromatic carbocycles. The second kappa shape index (κ2) is 13.9. The van der Waals surface area contributed by atoms with Crippen LogP contribution >= 0.6 is 0 Å². The van der Waals surface area contributed by atoms with Gasteiger partial charge in [-0.25, -0.2) is 4.79 Å². The highest BCUT2D eigenvalue weighted by Crippen LogP contribution is 2.45. The van der Waals surface area contributed by atoms with E-state index in [1.54, 1.807) is 25.3 Å². The van der Waals surface area contributed by atoms with E-state index in [4.69, 9.17) is 28.1 Å². The fourth-order valence-corrected chi connectivity index (χ4v) is 5.26. The Balaban J connectivity index is 1.47. The van der Waals surface area contributed by atoms with E-state index >= 15 is 0 Å². The van der Waals surface area contributed by atoms with Gasteiger partial charge >= 0.3 is 5.97 Å². The summed E-state index contributed by atoms with van der Waals surface area (Å²) < 4.78 is 36.3. The van der Waals surface area contributed by atoms with Crippen LogP contribution in [-0.4, -0.2) is 20.2 Å². The van der Waals surface area contributed by atoms with E-state index in [2.05, 4.69) is 0 Å². The van der Waals surface area contributed by atoms with E-state index in [0.29, 0.717) is 65.1 Å². The molecule has 0 fully saturated rings. The Morgan fingerprint density at radius 2 is 1.13 bits per heavy atom. The number of aryl methyl sites for hydroxylation is 1. The monoisotopic (exact) mass is 614 g/mol. The number of methoxy groups -OCH3 is 2. The first-order valence-electron chi connectivity index (χ1n) is 14.9. The van der Waals surface area contributed by atoms with Crippen LogP contribution in [0.25, 0.3) is 22.3 Å². The number of esters is 1. The summed E-state index contributed by atoms with van der Waals surface area (Å²) in [6.45, 7) is 2.86. The molecule has 0 aliphatic rings. The molecule has 0 aliphatic carbocycles. The second-order valence-corrected chi connectivity index (χ2v) is 10.7. The summed E-state index contributed by atoms with van der Waals surface area (Å²) in [6.07, 6.45) is 0. The van der Waals surface area contributed by atoms with Gasteiger partial charge in [0.1, 0.15) is 42.5 Å². The molecular weight excluding hydrogens is 580 g/mol. The number of carbonyl (C=O) groups is 1. The van der Waals surface area contributed by atoms with Gasteiger partial charge in [-0.15, -0.1) is 0 Å². The molecule has 0 aliphatic heterocycles. The maximum absolute atomic E-state index is 13.5. The highest BCUT2D eigenvalue weighted by molar-refractivity contribution is 6.10. The van der Waals surface area contributed by atoms with Crippen molar-refractivity contribution in [3.63, 3.8) is 0 Å². The van der Waals surface area contributed by atoms with Crippen molar-refractivity contribution in [3.05, 3.63) is 143 Å². The van der Waals surface area contributed by atoms with Crippen LogP contribution in [0, 0.1) is 6.92 Å². The minimum absolute atomic E-state index is 0.259. The van der Waals surface area contributed by atoms with Crippen LogP contribution in [-0.2, 0) is 24.6 Å². The molecule has 7 nitrogen and oxygen atoms in total. The van der Waals surface area contributed by atoms with Crippen LogP contribution < -0.4 is 18.9 Å². The maximum atomic E-state index is 13.5. The molecule has 232 valence electrons. The molecule has 6 rings (SSSR count). The molecule has 1 heterocycles. The first-order valence-corrected chi connectivity index (χ1v) is 14.9. The van der Waals surface area contributed by atoms with E-state index < -0.39 is 5.97 Å². The van der Waals surface area contributed by atoms with Crippen molar-refractivity contribution in [1.29, 1.82) is 0 Å². The topological polar surface area (TPSA) is 76.4 Å². The van der Waals surface area contributed by atoms with Crippen LogP contribution in [0.1, 0.15) is 32.6 Å². The number of furan rings is 1. The van der Waals surface area contributed by atoms with Crippen molar-refractivity contribution >= 4 is 16.9 Å². The average molecular weight is 615 g/mol. The Hall–Kier alpha value is -5.69. The normalized spacial score (nSPS) is 10.8. The molecule has 7 heteroatoms. The van der Waals surface area contributed by atoms with Crippen LogP contribution in [0.15, 0.2) is 120 Å². The molecular formula is C39H34O7. The Labute approximate surface area is 267 Å². The number of hydrogen-bond donors (Lipinski definition) is 0. The van der Waals surface area contributed by atoms with Crippen molar-refractivity contribution in [3.8, 4) is 34.3 Å². The zero-order valence-corrected chi connectivity index (χ0v) is 25.9. The summed E-state index contributed by atoms with van der Waals surface area (Å²) in [7, 11) is 2.95. The first kappa shape index (κ1) is 30.3. The minimum atomic E-state index is -0.551. The van der Waals surface area contributed by atoms with Crippen LogP contribution in [0.3, 0.4) is 0 Å². The van der Waals surface area contributed by atoms with Gasteiger partial charge < -0.3 is 28.1 Å². The third-order valence-electron chi connectivity index (χ3n) is 7.59. The second-order valence-electron chi connectivity index (χ2n) is 10.7. The fourth-order valence-electron chi connectivity index (χ4n) is 5.26. The summed E-state index contributed by atoms with van der Waals surface area (Å²) in [5.74, 6) is 1.84. The van der Waals surface area contributed by atoms with Crippen LogP contribution in [0.4, 0.5) is 0 Å². The molecule has 6 aromatic rings. The molecule has 0 bridgehead atoms. The fraction of sp³-hybridized carbons (Fsp3) is 0.154. The summed E-state index contributed by atoms with van der Waals surface area (Å²) in [6, 6.07) is 36.8. The summed E-state index contributed by atoms with van der Waals surface area (Å²) in [5.41, 5.74) is 5.10. The Morgan fingerprint density at radius 1 is 0.630 bits per heavy atom. The van der Waals surface area contributed by atoms with Gasteiger partial charge in [-0.2, -0.15) is 0 Å². The predicted octanol–water partition coefficient (Wildman–Crippen LogP) is 8.94. The van der Waals surface area contributed by atoms with E-state index in [0.717, 1.165) is 22.3 Å². The first-order chi connectivity index (χ1) is 22.5. The number of fused-ring (bicyclic) bond motifs is 1. The average Bonchev–Trinajstić information content (AvgIpc) is 3.46. The van der Waals surface area contributed by atoms with E-state index in [1.165, 1.54) is 7.11 Å². The molecule has 0 unspecified atom stereocenters. The number of hydrogen-bond acceptors (Lipinski definition) is 7. The third kappa shape index (κ3) is 6.69. The largest absolute Gasteiger partial charge is 0.497 e. The molecule has 0 N–H and O–H groups in total. The van der Waals surface area contributed by atoms with E-state index in [-0.39, 0.29) is 5.56 Å². The zero-order chi connectivity index (χ0) is 31.9. The number of carbonyl (C=O) groups excluding carboxylic acids is 1. The minimum Gasteiger partial charge on any atom is -0.497 e. The molecule has 0 amide bonds. The molecule has 46 heavy (non-hydrogen) atoms. The van der Waals surface area contributed by atoms with Gasteiger partial charge in [-0.05, 0) is 41.3 Å². The van der Waals surface area contributed by atoms with Gasteiger partial charge in [0.2, 0.25) is 0 Å². The summed E-state index contributed by atoms with van der Waals surface area (Å²) in [5, 5.41) is 0.529. The molecule has 0 radical (unpaired) electrons. The smallest absolute Gasteiger partial charge is 0.342 e. The van der Waals surface area contributed by atoms with E-state index in [9.17, 15) is 4.79 Å². The lowest BCUT2D eigenvalue weighted by Gasteiger charge is -2.15. The predicted molar refractivity (Wildman–Crippen MR) is 177 cm³/mol. The Bertz CT molecular complexity index is 1930. The van der Waals surface area contributed by atoms with Crippen molar-refractivity contribution < 1.29 is 32.9 Å². The molecule has 1 aromatic heterocycles. The highest BCUT2D eigenvalue weighted by atomic mass is 16.5. The highest BCUT2D eigenvalue weighted by Gasteiger charge is 2.28. The number of rotatable bonds is 12. The summed E-state index contributed by atoms with van der Waals surface area (Å²) >= 11 is 0. The van der Waals surface area contributed by atoms with Gasteiger partial charge in [0.05, 0.1) is 19.8 Å². The standard InChI is InChI=1S/C39H34O7/c1-26-19-30(41-2)20-35(45-25-29-17-11-6-12-18-29)36(26)38-37(39(40)42-3)31-21-33(43-23-27-13-7-4-8-14-27)34(22-32(31)46-38)44-24-28-15-9-5-10-16-28/h4-22H,23-25H2,1-3H3. The molecule has 0 saturated carbocycles. The van der Waals surface area contributed by atoms with Gasteiger partial charge in [0.15, 0.2) is 17.3 Å². The van der Waals surface area contributed by atoms with Gasteiger partial charge in [-0.3, -0.25) is 0 Å². The lowest BCUT2D eigenvalue weighted by Crippen LogP contribution is -2.05. The maximum Gasteiger partial charge on any atom is 0.342 e. The van der Waals surface area contributed by atoms with Gasteiger partial charge in [0.25, 0.3) is 0 Å². The molecule has 0 atom stereocenters. The van der Waals surface area contributed by atoms with Crippen LogP contribution in [0.5, 0.6) is 23.0 Å². The van der Waals surface area contributed by atoms with Crippen LogP contribution in [0.2, 0.25) is 0 Å². The lowest BCUT2D eigenvalue weighted by atomic mass is 9.99. The van der Waals surface area contributed by atoms with Crippen molar-refractivity contribution in [2.45, 2.75) is 26.7 Å². The lowest BCUT2D eigenvalue weighted by molar-refractivity contribution is 0.0603.